The normalized spacial score (nSPS) is 10.3. The molecule has 0 heterocycles. The van der Waals surface area contributed by atoms with Gasteiger partial charge in [0.05, 0.1) is 11.5 Å². The van der Waals surface area contributed by atoms with Gasteiger partial charge in [0, 0.05) is 12.1 Å². The summed E-state index contributed by atoms with van der Waals surface area (Å²) in [6.45, 7) is 2.51. The summed E-state index contributed by atoms with van der Waals surface area (Å²) in [6.07, 6.45) is 5.33. The Bertz CT molecular complexity index is 396. The summed E-state index contributed by atoms with van der Waals surface area (Å²) in [6, 6.07) is 3.25. The number of nitro benzene ring substituents is 1. The van der Waals surface area contributed by atoms with Gasteiger partial charge in [0.15, 0.2) is 5.75 Å². The highest BCUT2D eigenvalue weighted by molar-refractivity contribution is 5.46. The van der Waals surface area contributed by atoms with Gasteiger partial charge in [0.1, 0.15) is 5.82 Å². The van der Waals surface area contributed by atoms with Gasteiger partial charge in [-0.2, -0.15) is 0 Å². The van der Waals surface area contributed by atoms with E-state index >= 15 is 0 Å². The molecule has 0 amide bonds. The zero-order chi connectivity index (χ0) is 13.4. The first-order chi connectivity index (χ1) is 8.65. The maximum Gasteiger partial charge on any atom is 0.311 e. The molecule has 0 bridgehead atoms. The molecule has 5 heteroatoms. The van der Waals surface area contributed by atoms with Gasteiger partial charge >= 0.3 is 5.69 Å². The predicted molar refractivity (Wildman–Crippen MR) is 67.3 cm³/mol. The quantitative estimate of drug-likeness (QED) is 0.399. The van der Waals surface area contributed by atoms with Gasteiger partial charge < -0.3 is 4.74 Å². The molecule has 0 saturated heterocycles. The molecule has 0 saturated carbocycles. The van der Waals surface area contributed by atoms with Crippen LogP contribution in [0.2, 0.25) is 0 Å². The molecule has 4 nitrogen and oxygen atoms in total. The third-order valence-corrected chi connectivity index (χ3v) is 2.62. The number of nitro groups is 1. The van der Waals surface area contributed by atoms with Crippen molar-refractivity contribution >= 4 is 5.69 Å². The molecule has 100 valence electrons. The summed E-state index contributed by atoms with van der Waals surface area (Å²) in [5.74, 6) is -0.517. The van der Waals surface area contributed by atoms with Gasteiger partial charge in [-0.25, -0.2) is 4.39 Å². The molecule has 0 N–H and O–H groups in total. The van der Waals surface area contributed by atoms with Gasteiger partial charge in [-0.3, -0.25) is 10.1 Å². The van der Waals surface area contributed by atoms with Gasteiger partial charge in [-0.05, 0) is 12.5 Å². The molecule has 0 radical (unpaired) electrons. The molecule has 0 fully saturated rings. The van der Waals surface area contributed by atoms with Crippen LogP contribution in [0.15, 0.2) is 18.2 Å². The molecule has 0 aliphatic carbocycles. The van der Waals surface area contributed by atoms with Crippen LogP contribution in [0.3, 0.4) is 0 Å². The van der Waals surface area contributed by atoms with Crippen molar-refractivity contribution in [3.63, 3.8) is 0 Å². The molecular weight excluding hydrogens is 237 g/mol. The van der Waals surface area contributed by atoms with Crippen molar-refractivity contribution in [1.29, 1.82) is 0 Å². The molecule has 0 aliphatic rings. The predicted octanol–water partition coefficient (Wildman–Crippen LogP) is 4.08. The van der Waals surface area contributed by atoms with Crippen molar-refractivity contribution in [2.45, 2.75) is 39.0 Å². The first kappa shape index (κ1) is 14.4. The Morgan fingerprint density at radius 2 is 2.00 bits per heavy atom. The minimum absolute atomic E-state index is 0.00971. The second-order valence-corrected chi connectivity index (χ2v) is 4.13. The highest BCUT2D eigenvalue weighted by Crippen LogP contribution is 2.27. The van der Waals surface area contributed by atoms with Crippen LogP contribution in [0.1, 0.15) is 39.0 Å². The second kappa shape index (κ2) is 7.63. The molecule has 18 heavy (non-hydrogen) atoms. The zero-order valence-corrected chi connectivity index (χ0v) is 10.5. The lowest BCUT2D eigenvalue weighted by Gasteiger charge is -2.06. The minimum atomic E-state index is -0.564. The Balaban J connectivity index is 2.45. The van der Waals surface area contributed by atoms with Crippen LogP contribution in [-0.4, -0.2) is 11.5 Å². The maximum atomic E-state index is 13.0. The minimum Gasteiger partial charge on any atom is -0.487 e. The number of ether oxygens (including phenoxy) is 1. The van der Waals surface area contributed by atoms with Crippen LogP contribution in [-0.2, 0) is 0 Å². The molecular formula is C13H18FNO3. The smallest absolute Gasteiger partial charge is 0.311 e. The van der Waals surface area contributed by atoms with E-state index in [9.17, 15) is 14.5 Å². The van der Waals surface area contributed by atoms with Crippen molar-refractivity contribution in [1.82, 2.24) is 0 Å². The molecule has 0 unspecified atom stereocenters. The van der Waals surface area contributed by atoms with Gasteiger partial charge in [0.25, 0.3) is 0 Å². The third kappa shape index (κ3) is 4.69. The average Bonchev–Trinajstić information content (AvgIpc) is 2.33. The van der Waals surface area contributed by atoms with E-state index in [1.54, 1.807) is 0 Å². The van der Waals surface area contributed by atoms with Crippen molar-refractivity contribution < 1.29 is 14.1 Å². The third-order valence-electron chi connectivity index (χ3n) is 2.62. The number of hydrogen-bond acceptors (Lipinski definition) is 3. The maximum absolute atomic E-state index is 13.0. The zero-order valence-electron chi connectivity index (χ0n) is 10.5. The highest BCUT2D eigenvalue weighted by Gasteiger charge is 2.15. The summed E-state index contributed by atoms with van der Waals surface area (Å²) in [5.41, 5.74) is -0.190. The van der Waals surface area contributed by atoms with E-state index < -0.39 is 10.7 Å². The van der Waals surface area contributed by atoms with Crippen LogP contribution in [0.5, 0.6) is 5.75 Å². The van der Waals surface area contributed by atoms with Crippen molar-refractivity contribution in [2.75, 3.05) is 6.61 Å². The fourth-order valence-corrected chi connectivity index (χ4v) is 1.64. The first-order valence-electron chi connectivity index (χ1n) is 6.22. The number of halogens is 1. The van der Waals surface area contributed by atoms with Crippen molar-refractivity contribution in [3.8, 4) is 5.75 Å². The lowest BCUT2D eigenvalue weighted by Crippen LogP contribution is -2.01. The van der Waals surface area contributed by atoms with E-state index in [0.29, 0.717) is 6.61 Å². The molecule has 0 atom stereocenters. The van der Waals surface area contributed by atoms with Crippen molar-refractivity contribution in [3.05, 3.63) is 34.1 Å². The standard InChI is InChI=1S/C13H18FNO3/c1-2-3-4-5-6-9-18-13-10-11(14)7-8-12(13)15(16)17/h7-8,10H,2-6,9H2,1H3. The summed E-state index contributed by atoms with van der Waals surface area (Å²) >= 11 is 0. The Morgan fingerprint density at radius 3 is 2.67 bits per heavy atom. The number of nitrogens with zero attached hydrogens (tertiary/aromatic N) is 1. The van der Waals surface area contributed by atoms with Crippen LogP contribution in [0.25, 0.3) is 0 Å². The fourth-order valence-electron chi connectivity index (χ4n) is 1.64. The molecule has 1 aromatic rings. The summed E-state index contributed by atoms with van der Waals surface area (Å²) in [4.78, 5) is 10.1. The Morgan fingerprint density at radius 1 is 1.28 bits per heavy atom. The van der Waals surface area contributed by atoms with Gasteiger partial charge in [0.2, 0.25) is 0 Å². The Hall–Kier alpha value is -1.65. The topological polar surface area (TPSA) is 52.4 Å². The molecule has 1 aromatic carbocycles. The fraction of sp³-hybridized carbons (Fsp3) is 0.538. The van der Waals surface area contributed by atoms with E-state index in [0.717, 1.165) is 43.9 Å². The van der Waals surface area contributed by atoms with Gasteiger partial charge in [-0.15, -0.1) is 0 Å². The largest absolute Gasteiger partial charge is 0.487 e. The van der Waals surface area contributed by atoms with E-state index in [1.807, 2.05) is 0 Å². The number of benzene rings is 1. The molecule has 0 aliphatic heterocycles. The second-order valence-electron chi connectivity index (χ2n) is 4.13. The molecule has 0 spiro atoms. The van der Waals surface area contributed by atoms with E-state index in [4.69, 9.17) is 4.74 Å². The summed E-state index contributed by atoms with van der Waals surface area (Å²) < 4.78 is 18.3. The Labute approximate surface area is 106 Å². The van der Waals surface area contributed by atoms with Crippen molar-refractivity contribution in [2.24, 2.45) is 0 Å². The SMILES string of the molecule is CCCCCCCOc1cc(F)ccc1[N+](=O)[O-]. The Kier molecular flexibility index (Phi) is 6.11. The molecule has 1 rings (SSSR count). The average molecular weight is 255 g/mol. The summed E-state index contributed by atoms with van der Waals surface area (Å²) in [7, 11) is 0. The number of rotatable bonds is 8. The lowest BCUT2D eigenvalue weighted by atomic mass is 10.2. The monoisotopic (exact) mass is 255 g/mol. The van der Waals surface area contributed by atoms with Crippen LogP contribution in [0.4, 0.5) is 10.1 Å². The van der Waals surface area contributed by atoms with Crippen LogP contribution in [0, 0.1) is 15.9 Å². The van der Waals surface area contributed by atoms with Crippen LogP contribution < -0.4 is 4.74 Å². The number of unbranched alkanes of at least 4 members (excludes halogenated alkanes) is 4. The lowest BCUT2D eigenvalue weighted by molar-refractivity contribution is -0.385. The van der Waals surface area contributed by atoms with Crippen LogP contribution >= 0.6 is 0 Å². The first-order valence-corrected chi connectivity index (χ1v) is 6.22. The molecule has 0 aromatic heterocycles. The number of hydrogen-bond donors (Lipinski definition) is 0. The van der Waals surface area contributed by atoms with E-state index in [2.05, 4.69) is 6.92 Å². The van der Waals surface area contributed by atoms with Gasteiger partial charge in [-0.1, -0.05) is 32.6 Å². The van der Waals surface area contributed by atoms with E-state index in [1.165, 1.54) is 6.42 Å². The highest BCUT2D eigenvalue weighted by atomic mass is 19.1. The summed E-state index contributed by atoms with van der Waals surface area (Å²) in [5, 5.41) is 10.7. The van der Waals surface area contributed by atoms with E-state index in [-0.39, 0.29) is 11.4 Å².